The number of rotatable bonds is 8. The summed E-state index contributed by atoms with van der Waals surface area (Å²) in [5.41, 5.74) is 0. The molecule has 1 heteroatoms. The minimum absolute atomic E-state index is 1.09. The van der Waals surface area contributed by atoms with Crippen LogP contribution in [0.15, 0.2) is 24.4 Å². The van der Waals surface area contributed by atoms with Crippen LogP contribution < -0.4 is 5.32 Å². The van der Waals surface area contributed by atoms with Crippen LogP contribution in [0.1, 0.15) is 46.0 Å². The van der Waals surface area contributed by atoms with Crippen LogP contribution in [0.2, 0.25) is 0 Å². The molecule has 0 spiro atoms. The molecule has 0 heterocycles. The maximum atomic E-state index is 3.26. The van der Waals surface area contributed by atoms with E-state index in [1.165, 1.54) is 25.7 Å². The Bertz CT molecular complexity index is 136. The summed E-state index contributed by atoms with van der Waals surface area (Å²) in [6.07, 6.45) is 14.8. The SMILES string of the molecule is CC/C=C\NCCC/C=C\CCC. The van der Waals surface area contributed by atoms with E-state index in [1.807, 2.05) is 0 Å². The monoisotopic (exact) mass is 181 g/mol. The van der Waals surface area contributed by atoms with Gasteiger partial charge in [-0.2, -0.15) is 0 Å². The van der Waals surface area contributed by atoms with E-state index in [-0.39, 0.29) is 0 Å². The van der Waals surface area contributed by atoms with E-state index >= 15 is 0 Å². The lowest BCUT2D eigenvalue weighted by Crippen LogP contribution is -2.05. The Labute approximate surface area is 82.9 Å². The smallest absolute Gasteiger partial charge is 0.0144 e. The first kappa shape index (κ1) is 12.3. The van der Waals surface area contributed by atoms with E-state index in [1.54, 1.807) is 0 Å². The first-order chi connectivity index (χ1) is 6.41. The van der Waals surface area contributed by atoms with Crippen molar-refractivity contribution in [2.24, 2.45) is 0 Å². The first-order valence-electron chi connectivity index (χ1n) is 5.45. The molecule has 76 valence electrons. The molecule has 0 radical (unpaired) electrons. The van der Waals surface area contributed by atoms with Gasteiger partial charge in [-0.05, 0) is 31.9 Å². The number of unbranched alkanes of at least 4 members (excludes halogenated alkanes) is 2. The van der Waals surface area contributed by atoms with Gasteiger partial charge in [-0.3, -0.25) is 0 Å². The molecule has 0 aliphatic carbocycles. The van der Waals surface area contributed by atoms with Crippen molar-refractivity contribution in [1.29, 1.82) is 0 Å². The highest BCUT2D eigenvalue weighted by atomic mass is 14.8. The van der Waals surface area contributed by atoms with Crippen molar-refractivity contribution in [3.8, 4) is 0 Å². The highest BCUT2D eigenvalue weighted by Gasteiger charge is 1.80. The van der Waals surface area contributed by atoms with Gasteiger partial charge in [0.2, 0.25) is 0 Å². The van der Waals surface area contributed by atoms with Crippen LogP contribution in [0, 0.1) is 0 Å². The van der Waals surface area contributed by atoms with Gasteiger partial charge in [0.05, 0.1) is 0 Å². The Balaban J connectivity index is 3.03. The molecule has 0 rings (SSSR count). The molecule has 0 aromatic rings. The predicted octanol–water partition coefficient (Wildman–Crippen LogP) is 3.64. The van der Waals surface area contributed by atoms with Gasteiger partial charge in [-0.25, -0.2) is 0 Å². The molecule has 13 heavy (non-hydrogen) atoms. The van der Waals surface area contributed by atoms with Crippen LogP contribution >= 0.6 is 0 Å². The van der Waals surface area contributed by atoms with Crippen LogP contribution in [0.5, 0.6) is 0 Å². The third-order valence-corrected chi connectivity index (χ3v) is 1.79. The molecule has 1 N–H and O–H groups in total. The van der Waals surface area contributed by atoms with Gasteiger partial charge in [-0.15, -0.1) is 0 Å². The Morgan fingerprint density at radius 1 is 1.00 bits per heavy atom. The standard InChI is InChI=1S/C12H23N/c1-3-5-7-8-9-10-12-13-11-6-4-2/h6-8,11,13H,3-5,9-10,12H2,1-2H3/b8-7-,11-6-. The quantitative estimate of drug-likeness (QED) is 0.445. The van der Waals surface area contributed by atoms with Gasteiger partial charge < -0.3 is 5.32 Å². The number of allylic oxidation sites excluding steroid dienone is 3. The summed E-state index contributed by atoms with van der Waals surface area (Å²) >= 11 is 0. The zero-order valence-electron chi connectivity index (χ0n) is 9.05. The van der Waals surface area contributed by atoms with Crippen LogP contribution in [-0.4, -0.2) is 6.54 Å². The number of hydrogen-bond donors (Lipinski definition) is 1. The Hall–Kier alpha value is -0.720. The van der Waals surface area contributed by atoms with E-state index in [9.17, 15) is 0 Å². The molecular formula is C12H23N. The van der Waals surface area contributed by atoms with Crippen LogP contribution in [0.25, 0.3) is 0 Å². The average molecular weight is 181 g/mol. The summed E-state index contributed by atoms with van der Waals surface area (Å²) in [6.45, 7) is 5.44. The molecule has 0 amide bonds. The molecule has 1 nitrogen and oxygen atoms in total. The lowest BCUT2D eigenvalue weighted by atomic mass is 10.2. The van der Waals surface area contributed by atoms with Gasteiger partial charge >= 0.3 is 0 Å². The minimum atomic E-state index is 1.09. The fourth-order valence-corrected chi connectivity index (χ4v) is 1.01. The molecule has 0 bridgehead atoms. The molecule has 0 atom stereocenters. The third-order valence-electron chi connectivity index (χ3n) is 1.79. The molecule has 0 fully saturated rings. The van der Waals surface area contributed by atoms with Crippen molar-refractivity contribution >= 4 is 0 Å². The third kappa shape index (κ3) is 11.3. The summed E-state index contributed by atoms with van der Waals surface area (Å²) in [5, 5.41) is 3.26. The highest BCUT2D eigenvalue weighted by Crippen LogP contribution is 1.93. The van der Waals surface area contributed by atoms with Crippen LogP contribution in [0.4, 0.5) is 0 Å². The van der Waals surface area contributed by atoms with Crippen molar-refractivity contribution in [2.75, 3.05) is 6.54 Å². The molecule has 0 aromatic carbocycles. The fraction of sp³-hybridized carbons (Fsp3) is 0.667. The molecule has 0 aliphatic heterocycles. The summed E-state index contributed by atoms with van der Waals surface area (Å²) < 4.78 is 0. The predicted molar refractivity (Wildman–Crippen MR) is 60.7 cm³/mol. The average Bonchev–Trinajstić information content (AvgIpc) is 2.16. The minimum Gasteiger partial charge on any atom is -0.391 e. The maximum Gasteiger partial charge on any atom is 0.0144 e. The van der Waals surface area contributed by atoms with Gasteiger partial charge in [-0.1, -0.05) is 38.5 Å². The molecule has 0 aromatic heterocycles. The lowest BCUT2D eigenvalue weighted by molar-refractivity contribution is 0.760. The van der Waals surface area contributed by atoms with Gasteiger partial charge in [0.1, 0.15) is 0 Å². The second-order valence-corrected chi connectivity index (χ2v) is 3.17. The van der Waals surface area contributed by atoms with E-state index < -0.39 is 0 Å². The fourth-order valence-electron chi connectivity index (χ4n) is 1.01. The number of hydrogen-bond acceptors (Lipinski definition) is 1. The van der Waals surface area contributed by atoms with Crippen molar-refractivity contribution < 1.29 is 0 Å². The zero-order valence-corrected chi connectivity index (χ0v) is 9.05. The van der Waals surface area contributed by atoms with Crippen molar-refractivity contribution in [3.05, 3.63) is 24.4 Å². The van der Waals surface area contributed by atoms with Crippen molar-refractivity contribution in [3.63, 3.8) is 0 Å². The summed E-state index contributed by atoms with van der Waals surface area (Å²) in [6, 6.07) is 0. The molecular weight excluding hydrogens is 158 g/mol. The largest absolute Gasteiger partial charge is 0.391 e. The maximum absolute atomic E-state index is 3.26. The Kier molecular flexibility index (Phi) is 10.7. The van der Waals surface area contributed by atoms with Gasteiger partial charge in [0.25, 0.3) is 0 Å². The summed E-state index contributed by atoms with van der Waals surface area (Å²) in [7, 11) is 0. The molecule has 0 unspecified atom stereocenters. The lowest BCUT2D eigenvalue weighted by Gasteiger charge is -1.97. The van der Waals surface area contributed by atoms with E-state index in [2.05, 4.69) is 43.6 Å². The Morgan fingerprint density at radius 2 is 1.77 bits per heavy atom. The molecule has 0 saturated heterocycles. The zero-order chi connectivity index (χ0) is 9.78. The number of nitrogens with one attached hydrogen (secondary N) is 1. The highest BCUT2D eigenvalue weighted by molar-refractivity contribution is 4.82. The van der Waals surface area contributed by atoms with Gasteiger partial charge in [0, 0.05) is 6.54 Å². The molecule has 0 aliphatic rings. The van der Waals surface area contributed by atoms with Crippen molar-refractivity contribution in [2.45, 2.75) is 46.0 Å². The second-order valence-electron chi connectivity index (χ2n) is 3.17. The topological polar surface area (TPSA) is 12.0 Å². The van der Waals surface area contributed by atoms with Gasteiger partial charge in [0.15, 0.2) is 0 Å². The van der Waals surface area contributed by atoms with E-state index in [4.69, 9.17) is 0 Å². The van der Waals surface area contributed by atoms with Crippen LogP contribution in [-0.2, 0) is 0 Å². The Morgan fingerprint density at radius 3 is 2.46 bits per heavy atom. The summed E-state index contributed by atoms with van der Waals surface area (Å²) in [4.78, 5) is 0. The second kappa shape index (κ2) is 11.3. The van der Waals surface area contributed by atoms with E-state index in [0.29, 0.717) is 0 Å². The van der Waals surface area contributed by atoms with Crippen molar-refractivity contribution in [1.82, 2.24) is 5.32 Å². The first-order valence-corrected chi connectivity index (χ1v) is 5.45. The molecule has 0 saturated carbocycles. The summed E-state index contributed by atoms with van der Waals surface area (Å²) in [5.74, 6) is 0. The van der Waals surface area contributed by atoms with E-state index in [0.717, 1.165) is 13.0 Å². The van der Waals surface area contributed by atoms with Crippen LogP contribution in [0.3, 0.4) is 0 Å². The normalized spacial score (nSPS) is 11.5.